The maximum atomic E-state index is 12.1. The summed E-state index contributed by atoms with van der Waals surface area (Å²) in [5.74, 6) is -1.86. The molecule has 0 aliphatic carbocycles. The number of para-hydroxylation sites is 1. The van der Waals surface area contributed by atoms with Crippen molar-refractivity contribution in [1.29, 1.82) is 0 Å². The first-order chi connectivity index (χ1) is 14.2. The Balaban J connectivity index is 2.03. The molecule has 0 saturated heterocycles. The summed E-state index contributed by atoms with van der Waals surface area (Å²) < 4.78 is 5.05. The molecule has 0 atom stereocenters. The lowest BCUT2D eigenvalue weighted by atomic mass is 10.1. The van der Waals surface area contributed by atoms with Crippen LogP contribution in [0.4, 0.5) is 11.4 Å². The van der Waals surface area contributed by atoms with Crippen molar-refractivity contribution in [3.8, 4) is 11.5 Å². The third-order valence-corrected chi connectivity index (χ3v) is 3.67. The highest BCUT2D eigenvalue weighted by Gasteiger charge is 2.23. The number of hydrogen-bond donors (Lipinski definition) is 3. The van der Waals surface area contributed by atoms with E-state index < -0.39 is 45.3 Å². The molecular formula is C17H15N5O8. The van der Waals surface area contributed by atoms with E-state index in [1.54, 1.807) is 18.2 Å². The molecule has 2 aromatic carbocycles. The summed E-state index contributed by atoms with van der Waals surface area (Å²) in [5, 5.41) is 37.4. The van der Waals surface area contributed by atoms with Gasteiger partial charge in [0, 0.05) is 6.07 Å². The summed E-state index contributed by atoms with van der Waals surface area (Å²) in [6.07, 6.45) is 0.801. The normalized spacial score (nSPS) is 10.4. The zero-order valence-corrected chi connectivity index (χ0v) is 15.4. The summed E-state index contributed by atoms with van der Waals surface area (Å²) in [4.78, 5) is 43.8. The average Bonchev–Trinajstić information content (AvgIpc) is 2.72. The van der Waals surface area contributed by atoms with E-state index in [0.29, 0.717) is 11.8 Å². The van der Waals surface area contributed by atoms with Crippen molar-refractivity contribution < 1.29 is 29.3 Å². The van der Waals surface area contributed by atoms with E-state index in [9.17, 15) is 34.9 Å². The van der Waals surface area contributed by atoms with E-state index in [2.05, 4.69) is 10.4 Å². The molecule has 0 aliphatic rings. The smallest absolute Gasteiger partial charge is 0.318 e. The number of nitrogens with zero attached hydrogens (tertiary/aromatic N) is 3. The molecule has 156 valence electrons. The Morgan fingerprint density at radius 2 is 1.90 bits per heavy atom. The quantitative estimate of drug-likeness (QED) is 0.323. The Labute approximate surface area is 168 Å². The summed E-state index contributed by atoms with van der Waals surface area (Å²) >= 11 is 0. The second-order valence-electron chi connectivity index (χ2n) is 5.59. The maximum absolute atomic E-state index is 12.1. The van der Waals surface area contributed by atoms with Crippen molar-refractivity contribution in [2.75, 3.05) is 13.7 Å². The fraction of sp³-hybridized carbons (Fsp3) is 0.118. The molecule has 0 heterocycles. The number of nitrogens with one attached hydrogen (secondary N) is 2. The van der Waals surface area contributed by atoms with Crippen molar-refractivity contribution in [2.45, 2.75) is 0 Å². The fourth-order valence-electron chi connectivity index (χ4n) is 2.27. The Morgan fingerprint density at radius 3 is 2.53 bits per heavy atom. The van der Waals surface area contributed by atoms with Crippen molar-refractivity contribution in [3.05, 3.63) is 67.8 Å². The number of nitro groups is 2. The van der Waals surface area contributed by atoms with Gasteiger partial charge in [0.25, 0.3) is 17.5 Å². The molecule has 30 heavy (non-hydrogen) atoms. The van der Waals surface area contributed by atoms with Crippen LogP contribution in [0.25, 0.3) is 0 Å². The minimum absolute atomic E-state index is 0.213. The van der Waals surface area contributed by atoms with Crippen LogP contribution in [0.3, 0.4) is 0 Å². The summed E-state index contributed by atoms with van der Waals surface area (Å²) in [5.41, 5.74) is 0.355. The molecule has 0 spiro atoms. The summed E-state index contributed by atoms with van der Waals surface area (Å²) in [6.45, 7) is -0.463. The SMILES string of the molecule is COc1ccccc1C(=O)NCC(=O)N/N=C\c1cc([N+](=O)[O-])cc([N+](=O)[O-])c1O. The zero-order chi connectivity index (χ0) is 22.3. The first kappa shape index (κ1) is 21.7. The van der Waals surface area contributed by atoms with Gasteiger partial charge in [-0.1, -0.05) is 12.1 Å². The number of aromatic hydroxyl groups is 1. The third-order valence-electron chi connectivity index (χ3n) is 3.67. The average molecular weight is 417 g/mol. The maximum Gasteiger partial charge on any atom is 0.318 e. The Morgan fingerprint density at radius 1 is 1.20 bits per heavy atom. The molecule has 13 nitrogen and oxygen atoms in total. The van der Waals surface area contributed by atoms with Crippen LogP contribution < -0.4 is 15.5 Å². The van der Waals surface area contributed by atoms with E-state index in [-0.39, 0.29) is 11.1 Å². The molecule has 0 fully saturated rings. The van der Waals surface area contributed by atoms with Crippen LogP contribution in [0.1, 0.15) is 15.9 Å². The number of non-ortho nitro benzene ring substituents is 1. The summed E-state index contributed by atoms with van der Waals surface area (Å²) in [6, 6.07) is 7.81. The van der Waals surface area contributed by atoms with Gasteiger partial charge in [0.2, 0.25) is 5.75 Å². The highest BCUT2D eigenvalue weighted by atomic mass is 16.6. The van der Waals surface area contributed by atoms with Crippen LogP contribution >= 0.6 is 0 Å². The zero-order valence-electron chi connectivity index (χ0n) is 15.4. The van der Waals surface area contributed by atoms with Crippen LogP contribution in [0.5, 0.6) is 11.5 Å². The van der Waals surface area contributed by atoms with Gasteiger partial charge in [0.05, 0.1) is 46.9 Å². The van der Waals surface area contributed by atoms with Gasteiger partial charge in [0.15, 0.2) is 0 Å². The van der Waals surface area contributed by atoms with E-state index in [0.717, 1.165) is 12.3 Å². The van der Waals surface area contributed by atoms with Gasteiger partial charge in [-0.2, -0.15) is 5.10 Å². The Hall–Kier alpha value is -4.55. The molecule has 0 bridgehead atoms. The standard InChI is InChI=1S/C17H15N5O8/c1-30-14-5-3-2-4-12(14)17(25)18-9-15(23)20-19-8-10-6-11(21(26)27)7-13(16(10)24)22(28)29/h2-8,24H,9H2,1H3,(H,18,25)(H,20,23)/b19-8-. The lowest BCUT2D eigenvalue weighted by Crippen LogP contribution is -2.35. The van der Waals surface area contributed by atoms with Gasteiger partial charge in [0.1, 0.15) is 5.75 Å². The third kappa shape index (κ3) is 5.25. The lowest BCUT2D eigenvalue weighted by molar-refractivity contribution is -0.394. The number of nitro benzene ring substituents is 2. The summed E-state index contributed by atoms with van der Waals surface area (Å²) in [7, 11) is 1.39. The number of amides is 2. The number of phenolic OH excluding ortho intramolecular Hbond substituents is 1. The minimum atomic E-state index is -0.994. The Kier molecular flexibility index (Phi) is 6.95. The molecule has 0 aliphatic heterocycles. The van der Waals surface area contributed by atoms with Crippen LogP contribution in [0.2, 0.25) is 0 Å². The molecule has 2 aromatic rings. The van der Waals surface area contributed by atoms with Crippen molar-refractivity contribution in [1.82, 2.24) is 10.7 Å². The fourth-order valence-corrected chi connectivity index (χ4v) is 2.27. The number of hydrazone groups is 1. The molecular weight excluding hydrogens is 402 g/mol. The molecule has 13 heteroatoms. The van der Waals surface area contributed by atoms with Crippen molar-refractivity contribution in [3.63, 3.8) is 0 Å². The van der Waals surface area contributed by atoms with E-state index in [1.165, 1.54) is 13.2 Å². The molecule has 0 saturated carbocycles. The number of carbonyl (C=O) groups is 2. The van der Waals surface area contributed by atoms with E-state index in [1.807, 2.05) is 5.43 Å². The lowest BCUT2D eigenvalue weighted by Gasteiger charge is -2.08. The van der Waals surface area contributed by atoms with E-state index >= 15 is 0 Å². The van der Waals surface area contributed by atoms with Gasteiger partial charge >= 0.3 is 5.69 Å². The Bertz CT molecular complexity index is 1040. The number of phenols is 1. The minimum Gasteiger partial charge on any atom is -0.502 e. The van der Waals surface area contributed by atoms with Crippen molar-refractivity contribution >= 4 is 29.4 Å². The largest absolute Gasteiger partial charge is 0.502 e. The second-order valence-corrected chi connectivity index (χ2v) is 5.59. The van der Waals surface area contributed by atoms with Gasteiger partial charge in [-0.05, 0) is 12.1 Å². The predicted octanol–water partition coefficient (Wildman–Crippen LogP) is 1.10. The molecule has 2 rings (SSSR count). The van der Waals surface area contributed by atoms with Gasteiger partial charge < -0.3 is 15.2 Å². The van der Waals surface area contributed by atoms with Gasteiger partial charge in [-0.3, -0.25) is 29.8 Å². The second kappa shape index (κ2) is 9.59. The monoisotopic (exact) mass is 417 g/mol. The number of hydrogen-bond acceptors (Lipinski definition) is 9. The number of benzene rings is 2. The van der Waals surface area contributed by atoms with Crippen LogP contribution in [-0.2, 0) is 4.79 Å². The first-order valence-corrected chi connectivity index (χ1v) is 8.13. The number of rotatable bonds is 8. The number of ether oxygens (including phenoxy) is 1. The molecule has 2 amide bonds. The number of methoxy groups -OCH3 is 1. The predicted molar refractivity (Wildman–Crippen MR) is 102 cm³/mol. The highest BCUT2D eigenvalue weighted by Crippen LogP contribution is 2.33. The first-order valence-electron chi connectivity index (χ1n) is 8.13. The van der Waals surface area contributed by atoms with Crippen LogP contribution in [0.15, 0.2) is 41.5 Å². The highest BCUT2D eigenvalue weighted by molar-refractivity contribution is 5.98. The van der Waals surface area contributed by atoms with Crippen molar-refractivity contribution in [2.24, 2.45) is 5.10 Å². The topological polar surface area (TPSA) is 186 Å². The molecule has 3 N–H and O–H groups in total. The molecule has 0 unspecified atom stereocenters. The van der Waals surface area contributed by atoms with Gasteiger partial charge in [-0.15, -0.1) is 0 Å². The van der Waals surface area contributed by atoms with Gasteiger partial charge in [-0.25, -0.2) is 5.43 Å². The molecule has 0 radical (unpaired) electrons. The van der Waals surface area contributed by atoms with Crippen LogP contribution in [0, 0.1) is 20.2 Å². The number of carbonyl (C=O) groups excluding carboxylic acids is 2. The molecule has 0 aromatic heterocycles. The van der Waals surface area contributed by atoms with E-state index in [4.69, 9.17) is 4.74 Å². The van der Waals surface area contributed by atoms with Crippen LogP contribution in [-0.4, -0.2) is 46.6 Å².